The zero-order valence-electron chi connectivity index (χ0n) is 10.5. The maximum atomic E-state index is 11.2. The highest BCUT2D eigenvalue weighted by Crippen LogP contribution is 2.43. The number of hydrogen-bond donors (Lipinski definition) is 3. The molecule has 1 fully saturated rings. The maximum Gasteiger partial charge on any atom is 0.250 e. The molecule has 0 saturated heterocycles. The van der Waals surface area contributed by atoms with Crippen LogP contribution in [0.15, 0.2) is 18.2 Å². The van der Waals surface area contributed by atoms with E-state index in [-0.39, 0.29) is 0 Å². The summed E-state index contributed by atoms with van der Waals surface area (Å²) in [7, 11) is 0. The second kappa shape index (κ2) is 5.10. The quantitative estimate of drug-likeness (QED) is 0.712. The number of hydrogen-bond acceptors (Lipinski definition) is 4. The monoisotopic (exact) mass is 265 g/mol. The van der Waals surface area contributed by atoms with Gasteiger partial charge in [-0.3, -0.25) is 4.79 Å². The first kappa shape index (κ1) is 13.1. The maximum absolute atomic E-state index is 11.2. The van der Waals surface area contributed by atoms with E-state index in [1.165, 1.54) is 19.3 Å². The Morgan fingerprint density at radius 3 is 2.72 bits per heavy atom. The Kier molecular flexibility index (Phi) is 3.71. The minimum Gasteiger partial charge on any atom is -0.396 e. The molecular weight excluding hydrogens is 246 g/mol. The number of nitrogens with one attached hydrogen (secondary N) is 1. The highest BCUT2D eigenvalue weighted by atomic mass is 32.2. The van der Waals surface area contributed by atoms with Gasteiger partial charge in [0.15, 0.2) is 0 Å². The van der Waals surface area contributed by atoms with Crippen molar-refractivity contribution in [3.63, 3.8) is 0 Å². The summed E-state index contributed by atoms with van der Waals surface area (Å²) in [6.07, 6.45) is 5.90. The van der Waals surface area contributed by atoms with Crippen molar-refractivity contribution < 1.29 is 4.79 Å². The van der Waals surface area contributed by atoms with Crippen LogP contribution < -0.4 is 16.8 Å². The molecule has 0 aromatic heterocycles. The van der Waals surface area contributed by atoms with E-state index in [1.54, 1.807) is 12.1 Å². The average Bonchev–Trinajstić information content (AvgIpc) is 2.29. The number of nitrogens with two attached hydrogens (primary N) is 2. The summed E-state index contributed by atoms with van der Waals surface area (Å²) in [6.45, 7) is 0.876. The predicted octanol–water partition coefficient (Wildman–Crippen LogP) is 2.07. The SMILES string of the molecule is CSC1(CNc2cccc(C(N)=O)c2N)CCC1. The van der Waals surface area contributed by atoms with Crippen molar-refractivity contribution in [3.05, 3.63) is 23.8 Å². The van der Waals surface area contributed by atoms with Crippen molar-refractivity contribution in [2.45, 2.75) is 24.0 Å². The van der Waals surface area contributed by atoms with Gasteiger partial charge in [0.2, 0.25) is 0 Å². The van der Waals surface area contributed by atoms with Crippen LogP contribution in [0.2, 0.25) is 0 Å². The molecular formula is C13H19N3OS. The zero-order valence-corrected chi connectivity index (χ0v) is 11.3. The number of rotatable bonds is 5. The lowest BCUT2D eigenvalue weighted by Crippen LogP contribution is -2.40. The Morgan fingerprint density at radius 1 is 1.50 bits per heavy atom. The molecule has 0 aliphatic heterocycles. The third kappa shape index (κ3) is 2.41. The largest absolute Gasteiger partial charge is 0.396 e. The van der Waals surface area contributed by atoms with Crippen molar-refractivity contribution in [2.24, 2.45) is 5.73 Å². The lowest BCUT2D eigenvalue weighted by Gasteiger charge is -2.40. The van der Waals surface area contributed by atoms with E-state index in [0.717, 1.165) is 12.2 Å². The summed E-state index contributed by atoms with van der Waals surface area (Å²) >= 11 is 1.90. The van der Waals surface area contributed by atoms with Crippen LogP contribution in [0.4, 0.5) is 11.4 Å². The van der Waals surface area contributed by atoms with Crippen LogP contribution >= 0.6 is 11.8 Å². The molecule has 2 rings (SSSR count). The number of anilines is 2. The molecule has 1 aromatic rings. The first-order valence-corrected chi connectivity index (χ1v) is 7.28. The Bertz CT molecular complexity index is 452. The topological polar surface area (TPSA) is 81.1 Å². The second-order valence-corrected chi connectivity index (χ2v) is 6.00. The van der Waals surface area contributed by atoms with Gasteiger partial charge in [-0.2, -0.15) is 11.8 Å². The molecule has 0 bridgehead atoms. The zero-order chi connectivity index (χ0) is 13.2. The van der Waals surface area contributed by atoms with Gasteiger partial charge in [-0.25, -0.2) is 0 Å². The third-order valence-electron chi connectivity index (χ3n) is 3.67. The number of carbonyl (C=O) groups is 1. The molecule has 18 heavy (non-hydrogen) atoms. The Morgan fingerprint density at radius 2 is 2.22 bits per heavy atom. The van der Waals surface area contributed by atoms with Gasteiger partial charge in [-0.15, -0.1) is 0 Å². The number of carbonyl (C=O) groups excluding carboxylic acids is 1. The van der Waals surface area contributed by atoms with E-state index in [1.807, 2.05) is 17.8 Å². The molecule has 98 valence electrons. The van der Waals surface area contributed by atoms with Crippen LogP contribution in [0.3, 0.4) is 0 Å². The molecule has 1 aliphatic carbocycles. The van der Waals surface area contributed by atoms with E-state index < -0.39 is 5.91 Å². The lowest BCUT2D eigenvalue weighted by molar-refractivity contribution is 0.100. The number of amides is 1. The van der Waals surface area contributed by atoms with Gasteiger partial charge in [0.1, 0.15) is 0 Å². The Balaban J connectivity index is 2.10. The molecule has 1 aromatic carbocycles. The van der Waals surface area contributed by atoms with Crippen molar-refractivity contribution in [1.82, 2.24) is 0 Å². The highest BCUT2D eigenvalue weighted by molar-refractivity contribution is 8.00. The molecule has 0 atom stereocenters. The summed E-state index contributed by atoms with van der Waals surface area (Å²) in [4.78, 5) is 11.2. The highest BCUT2D eigenvalue weighted by Gasteiger charge is 2.35. The number of nitrogen functional groups attached to an aromatic ring is 1. The van der Waals surface area contributed by atoms with Crippen molar-refractivity contribution >= 4 is 29.0 Å². The summed E-state index contributed by atoms with van der Waals surface area (Å²) in [5, 5.41) is 3.35. The number of primary amides is 1. The molecule has 1 saturated carbocycles. The fourth-order valence-electron chi connectivity index (χ4n) is 2.21. The van der Waals surface area contributed by atoms with Gasteiger partial charge in [-0.1, -0.05) is 12.5 Å². The average molecular weight is 265 g/mol. The van der Waals surface area contributed by atoms with Gasteiger partial charge in [-0.05, 0) is 31.2 Å². The fraction of sp³-hybridized carbons (Fsp3) is 0.462. The van der Waals surface area contributed by atoms with E-state index in [0.29, 0.717) is 16.0 Å². The van der Waals surface area contributed by atoms with Crippen molar-refractivity contribution in [2.75, 3.05) is 23.9 Å². The summed E-state index contributed by atoms with van der Waals surface area (Å²) in [6, 6.07) is 5.33. The van der Waals surface area contributed by atoms with Crippen LogP contribution in [0.25, 0.3) is 0 Å². The van der Waals surface area contributed by atoms with Crippen molar-refractivity contribution in [1.29, 1.82) is 0 Å². The van der Waals surface area contributed by atoms with E-state index >= 15 is 0 Å². The van der Waals surface area contributed by atoms with Gasteiger partial charge in [0, 0.05) is 11.3 Å². The number of thioether (sulfide) groups is 1. The molecule has 0 unspecified atom stereocenters. The van der Waals surface area contributed by atoms with E-state index in [9.17, 15) is 4.79 Å². The third-order valence-corrected chi connectivity index (χ3v) is 5.09. The predicted molar refractivity (Wildman–Crippen MR) is 78.0 cm³/mol. The molecule has 4 nitrogen and oxygen atoms in total. The first-order valence-electron chi connectivity index (χ1n) is 6.05. The Hall–Kier alpha value is -1.36. The van der Waals surface area contributed by atoms with Crippen LogP contribution in [-0.2, 0) is 0 Å². The lowest BCUT2D eigenvalue weighted by atomic mass is 9.84. The number of para-hydroxylation sites is 1. The summed E-state index contributed by atoms with van der Waals surface area (Å²) < 4.78 is 0.329. The van der Waals surface area contributed by atoms with Gasteiger partial charge in [0.25, 0.3) is 5.91 Å². The van der Waals surface area contributed by atoms with Gasteiger partial charge >= 0.3 is 0 Å². The Labute approximate surface area is 111 Å². The summed E-state index contributed by atoms with van der Waals surface area (Å²) in [5.41, 5.74) is 12.8. The minimum atomic E-state index is -0.487. The molecule has 5 heteroatoms. The standard InChI is InChI=1S/C13H19N3OS/c1-18-13(6-3-7-13)8-16-10-5-2-4-9(11(10)14)12(15)17/h2,4-5,16H,3,6-8,14H2,1H3,(H2,15,17). The molecule has 0 heterocycles. The van der Waals surface area contributed by atoms with Crippen LogP contribution in [0.1, 0.15) is 29.6 Å². The molecule has 0 radical (unpaired) electrons. The second-order valence-electron chi connectivity index (χ2n) is 4.73. The normalized spacial score (nSPS) is 16.9. The van der Waals surface area contributed by atoms with Crippen LogP contribution in [0.5, 0.6) is 0 Å². The number of benzene rings is 1. The van der Waals surface area contributed by atoms with Crippen LogP contribution in [0, 0.1) is 0 Å². The molecule has 0 spiro atoms. The van der Waals surface area contributed by atoms with Gasteiger partial charge in [0.05, 0.1) is 16.9 Å². The molecule has 1 amide bonds. The summed E-state index contributed by atoms with van der Waals surface area (Å²) in [5.74, 6) is -0.487. The van der Waals surface area contributed by atoms with Crippen molar-refractivity contribution in [3.8, 4) is 0 Å². The van der Waals surface area contributed by atoms with E-state index in [4.69, 9.17) is 11.5 Å². The van der Waals surface area contributed by atoms with Gasteiger partial charge < -0.3 is 16.8 Å². The minimum absolute atomic E-state index is 0.329. The molecule has 1 aliphatic rings. The fourth-order valence-corrected chi connectivity index (χ4v) is 3.13. The van der Waals surface area contributed by atoms with Crippen LogP contribution in [-0.4, -0.2) is 23.5 Å². The van der Waals surface area contributed by atoms with E-state index in [2.05, 4.69) is 11.6 Å². The smallest absolute Gasteiger partial charge is 0.250 e. The molecule has 5 N–H and O–H groups in total. The first-order chi connectivity index (χ1) is 8.58.